The van der Waals surface area contributed by atoms with Crippen molar-refractivity contribution < 1.29 is 22.8 Å². The number of aryl methyl sites for hydroxylation is 1. The topological polar surface area (TPSA) is 117 Å². The summed E-state index contributed by atoms with van der Waals surface area (Å²) in [6, 6.07) is 9.45. The van der Waals surface area contributed by atoms with E-state index in [0.29, 0.717) is 43.5 Å². The monoisotopic (exact) mass is 498 g/mol. The van der Waals surface area contributed by atoms with Gasteiger partial charge >= 0.3 is 0 Å². The molecule has 9 nitrogen and oxygen atoms in total. The van der Waals surface area contributed by atoms with E-state index >= 15 is 0 Å². The van der Waals surface area contributed by atoms with Crippen molar-refractivity contribution in [2.75, 3.05) is 19.6 Å². The van der Waals surface area contributed by atoms with Gasteiger partial charge in [0.15, 0.2) is 5.78 Å². The van der Waals surface area contributed by atoms with Crippen LogP contribution in [-0.2, 0) is 25.4 Å². The zero-order valence-corrected chi connectivity index (χ0v) is 20.5. The lowest BCUT2D eigenvalue weighted by atomic mass is 10.1. The van der Waals surface area contributed by atoms with Gasteiger partial charge in [-0.25, -0.2) is 8.42 Å². The Kier molecular flexibility index (Phi) is 7.61. The highest BCUT2D eigenvalue weighted by atomic mass is 32.2. The van der Waals surface area contributed by atoms with E-state index in [4.69, 9.17) is 0 Å². The molecule has 1 aromatic carbocycles. The normalized spacial score (nSPS) is 20.1. The summed E-state index contributed by atoms with van der Waals surface area (Å²) in [6.45, 7) is 2.57. The minimum absolute atomic E-state index is 0.150. The first-order chi connectivity index (χ1) is 16.8. The second-order valence-corrected chi connectivity index (χ2v) is 11.0. The van der Waals surface area contributed by atoms with Gasteiger partial charge in [-0.15, -0.1) is 0 Å². The number of hydrogen-bond acceptors (Lipinski definition) is 6. The number of hydrogen-bond donors (Lipinski definition) is 1. The first-order valence-electron chi connectivity index (χ1n) is 11.8. The number of carbonyl (C=O) groups is 3. The number of ketones is 1. The molecule has 2 unspecified atom stereocenters. The lowest BCUT2D eigenvalue weighted by Crippen LogP contribution is -2.43. The van der Waals surface area contributed by atoms with Gasteiger partial charge in [0.05, 0.1) is 18.3 Å². The number of nitrogens with zero attached hydrogens (tertiary/aromatic N) is 3. The van der Waals surface area contributed by atoms with Crippen LogP contribution in [-0.4, -0.2) is 71.9 Å². The number of sulfonamides is 1. The quantitative estimate of drug-likeness (QED) is 0.526. The third-order valence-corrected chi connectivity index (χ3v) is 8.36. The molecule has 2 saturated heterocycles. The van der Waals surface area contributed by atoms with E-state index in [1.54, 1.807) is 30.5 Å². The van der Waals surface area contributed by atoms with Gasteiger partial charge in [-0.1, -0.05) is 23.8 Å². The summed E-state index contributed by atoms with van der Waals surface area (Å²) in [5.74, 6) is -0.759. The molecule has 2 amide bonds. The van der Waals surface area contributed by atoms with Crippen molar-refractivity contribution in [1.82, 2.24) is 19.5 Å². The molecule has 0 saturated carbocycles. The molecule has 1 aromatic heterocycles. The number of pyridine rings is 1. The molecular formula is C25H30N4O5S. The highest BCUT2D eigenvalue weighted by molar-refractivity contribution is 7.88. The largest absolute Gasteiger partial charge is 0.352 e. The number of carbonyl (C=O) groups excluding carboxylic acids is 3. The fourth-order valence-corrected chi connectivity index (χ4v) is 6.46. The number of nitrogens with one attached hydrogen (secondary N) is 1. The number of aromatic nitrogens is 1. The van der Waals surface area contributed by atoms with E-state index in [1.165, 1.54) is 15.4 Å². The Bertz CT molecular complexity index is 1180. The number of Topliss-reactive ketones (excluding diaryl/α,β-unsaturated/α-hetero) is 1. The van der Waals surface area contributed by atoms with E-state index in [2.05, 4.69) is 10.3 Å². The van der Waals surface area contributed by atoms with Crippen molar-refractivity contribution in [2.45, 2.75) is 50.4 Å². The van der Waals surface area contributed by atoms with Crippen molar-refractivity contribution in [3.05, 3.63) is 65.5 Å². The van der Waals surface area contributed by atoms with Gasteiger partial charge in [0.2, 0.25) is 15.9 Å². The maximum atomic E-state index is 13.0. The van der Waals surface area contributed by atoms with Gasteiger partial charge in [0, 0.05) is 37.5 Å². The van der Waals surface area contributed by atoms with Gasteiger partial charge in [0.25, 0.3) is 5.91 Å². The molecule has 0 radical (unpaired) electrons. The molecule has 2 aliphatic heterocycles. The Morgan fingerprint density at radius 2 is 1.91 bits per heavy atom. The molecule has 0 bridgehead atoms. The number of fused-ring (bicyclic) bond motifs is 1. The Balaban J connectivity index is 1.26. The van der Waals surface area contributed by atoms with Crippen LogP contribution in [0.25, 0.3) is 0 Å². The zero-order valence-electron chi connectivity index (χ0n) is 19.7. The van der Waals surface area contributed by atoms with Crippen LogP contribution in [0.5, 0.6) is 0 Å². The van der Waals surface area contributed by atoms with Crippen molar-refractivity contribution in [3.63, 3.8) is 0 Å². The average molecular weight is 499 g/mol. The molecule has 3 heterocycles. The lowest BCUT2D eigenvalue weighted by molar-refractivity contribution is -0.136. The standard InChI is InChI=1S/C25H30N4O5S/c1-18-7-9-20(10-8-18)25(32)27-13-3-2-6-23(31)28-14-11-21-24(28)22(30)16-29(21)35(33,34)17-19-5-4-12-26-15-19/h4-5,7-10,12,15,21,24H,2-3,6,11,13-14,16-17H2,1H3,(H,27,32). The molecule has 0 spiro atoms. The summed E-state index contributed by atoms with van der Waals surface area (Å²) >= 11 is 0. The Labute approximate surface area is 205 Å². The fourth-order valence-electron chi connectivity index (χ4n) is 4.75. The summed E-state index contributed by atoms with van der Waals surface area (Å²) in [7, 11) is -3.71. The molecule has 4 rings (SSSR count). The smallest absolute Gasteiger partial charge is 0.251 e. The maximum absolute atomic E-state index is 13.0. The Morgan fingerprint density at radius 3 is 2.63 bits per heavy atom. The van der Waals surface area contributed by atoms with E-state index in [-0.39, 0.29) is 36.3 Å². The lowest BCUT2D eigenvalue weighted by Gasteiger charge is -2.24. The zero-order chi connectivity index (χ0) is 25.0. The number of likely N-dealkylation sites (tertiary alicyclic amines) is 1. The molecule has 1 N–H and O–H groups in total. The number of rotatable bonds is 9. The third-order valence-electron chi connectivity index (χ3n) is 6.54. The van der Waals surface area contributed by atoms with Gasteiger partial charge < -0.3 is 10.2 Å². The second kappa shape index (κ2) is 10.7. The fraction of sp³-hybridized carbons (Fsp3) is 0.440. The predicted octanol–water partition coefficient (Wildman–Crippen LogP) is 1.67. The molecule has 35 heavy (non-hydrogen) atoms. The Morgan fingerprint density at radius 1 is 1.14 bits per heavy atom. The highest BCUT2D eigenvalue weighted by Gasteiger charge is 2.53. The van der Waals surface area contributed by atoms with Gasteiger partial charge in [0.1, 0.15) is 6.04 Å². The van der Waals surface area contributed by atoms with Gasteiger partial charge in [-0.05, 0) is 49.9 Å². The number of amides is 2. The molecule has 2 atom stereocenters. The average Bonchev–Trinajstić information content (AvgIpc) is 3.41. The molecule has 2 fully saturated rings. The summed E-state index contributed by atoms with van der Waals surface area (Å²) in [6.07, 6.45) is 4.97. The molecule has 186 valence electrons. The summed E-state index contributed by atoms with van der Waals surface area (Å²) < 4.78 is 27.3. The molecular weight excluding hydrogens is 468 g/mol. The van der Waals surface area contributed by atoms with Gasteiger partial charge in [-0.2, -0.15) is 4.31 Å². The summed E-state index contributed by atoms with van der Waals surface area (Å²) in [5, 5.41) is 2.85. The minimum Gasteiger partial charge on any atom is -0.352 e. The SMILES string of the molecule is Cc1ccc(C(=O)NCCCCC(=O)N2CCC3C2C(=O)CN3S(=O)(=O)Cc2cccnc2)cc1. The molecule has 2 aliphatic rings. The predicted molar refractivity (Wildman–Crippen MR) is 130 cm³/mol. The molecule has 2 aromatic rings. The van der Waals surface area contributed by atoms with Crippen LogP contribution in [0.2, 0.25) is 0 Å². The van der Waals surface area contributed by atoms with Crippen LogP contribution < -0.4 is 5.32 Å². The third kappa shape index (κ3) is 5.76. The summed E-state index contributed by atoms with van der Waals surface area (Å²) in [4.78, 5) is 43.2. The highest BCUT2D eigenvalue weighted by Crippen LogP contribution is 2.33. The van der Waals surface area contributed by atoms with E-state index < -0.39 is 22.1 Å². The minimum atomic E-state index is -3.71. The van der Waals surface area contributed by atoms with Crippen LogP contribution >= 0.6 is 0 Å². The second-order valence-electron chi connectivity index (χ2n) is 9.10. The van der Waals surface area contributed by atoms with Gasteiger partial charge in [-0.3, -0.25) is 19.4 Å². The van der Waals surface area contributed by atoms with Crippen LogP contribution in [0.1, 0.15) is 47.2 Å². The molecule has 10 heteroatoms. The van der Waals surface area contributed by atoms with E-state index in [0.717, 1.165) is 5.56 Å². The number of unbranched alkanes of at least 4 members (excludes halogenated alkanes) is 1. The van der Waals surface area contributed by atoms with Crippen molar-refractivity contribution in [3.8, 4) is 0 Å². The first-order valence-corrected chi connectivity index (χ1v) is 13.4. The van der Waals surface area contributed by atoms with Crippen molar-refractivity contribution in [2.24, 2.45) is 0 Å². The van der Waals surface area contributed by atoms with E-state index in [1.807, 2.05) is 19.1 Å². The number of benzene rings is 1. The van der Waals surface area contributed by atoms with Crippen LogP contribution in [0.4, 0.5) is 0 Å². The van der Waals surface area contributed by atoms with Crippen molar-refractivity contribution in [1.29, 1.82) is 0 Å². The maximum Gasteiger partial charge on any atom is 0.251 e. The van der Waals surface area contributed by atoms with Crippen molar-refractivity contribution >= 4 is 27.6 Å². The first kappa shape index (κ1) is 25.0. The molecule has 0 aliphatic carbocycles. The Hall–Kier alpha value is -3.11. The van der Waals surface area contributed by atoms with E-state index in [9.17, 15) is 22.8 Å². The van der Waals surface area contributed by atoms with Crippen LogP contribution in [0, 0.1) is 6.92 Å². The van der Waals surface area contributed by atoms with Crippen LogP contribution in [0.3, 0.4) is 0 Å². The van der Waals surface area contributed by atoms with Crippen LogP contribution in [0.15, 0.2) is 48.8 Å². The summed E-state index contributed by atoms with van der Waals surface area (Å²) in [5.41, 5.74) is 2.24.